The first-order valence-electron chi connectivity index (χ1n) is 7.88. The topological polar surface area (TPSA) is 45.3 Å². The highest BCUT2D eigenvalue weighted by atomic mass is 16.5. The molecule has 2 aromatic rings. The molecule has 22 heavy (non-hydrogen) atoms. The summed E-state index contributed by atoms with van der Waals surface area (Å²) in [5, 5.41) is 0. The predicted molar refractivity (Wildman–Crippen MR) is 89.9 cm³/mol. The molecule has 0 saturated carbocycles. The third-order valence-electron chi connectivity index (χ3n) is 4.31. The van der Waals surface area contributed by atoms with Crippen LogP contribution in [0.1, 0.15) is 25.3 Å². The summed E-state index contributed by atoms with van der Waals surface area (Å²) >= 11 is 0. The summed E-state index contributed by atoms with van der Waals surface area (Å²) in [6, 6.07) is 9.61. The molecule has 0 bridgehead atoms. The number of methoxy groups -OCH3 is 1. The molecule has 1 aliphatic heterocycles. The summed E-state index contributed by atoms with van der Waals surface area (Å²) in [6.07, 6.45) is 3.31. The van der Waals surface area contributed by atoms with Crippen LogP contribution in [0.2, 0.25) is 0 Å². The SMILES string of the molecule is CCc1ccc(=O)[nH]c1-c1ccc(OC)cc1N1CCCC1. The van der Waals surface area contributed by atoms with Gasteiger partial charge >= 0.3 is 0 Å². The zero-order valence-corrected chi connectivity index (χ0v) is 13.2. The fraction of sp³-hybridized carbons (Fsp3) is 0.389. The molecule has 116 valence electrons. The summed E-state index contributed by atoms with van der Waals surface area (Å²) in [5.41, 5.74) is 4.26. The molecule has 1 fully saturated rings. The van der Waals surface area contributed by atoms with Gasteiger partial charge in [0.25, 0.3) is 0 Å². The van der Waals surface area contributed by atoms with Gasteiger partial charge in [-0.25, -0.2) is 0 Å². The Balaban J connectivity index is 2.17. The maximum Gasteiger partial charge on any atom is 0.248 e. The summed E-state index contributed by atoms with van der Waals surface area (Å²) in [7, 11) is 1.69. The normalized spacial score (nSPS) is 14.4. The number of H-pyrrole nitrogens is 1. The molecule has 1 aromatic carbocycles. The zero-order chi connectivity index (χ0) is 15.5. The van der Waals surface area contributed by atoms with Crippen LogP contribution in [0, 0.1) is 0 Å². The van der Waals surface area contributed by atoms with Gasteiger partial charge in [-0.2, -0.15) is 0 Å². The van der Waals surface area contributed by atoms with Crippen LogP contribution in [0.3, 0.4) is 0 Å². The van der Waals surface area contributed by atoms with Crippen LogP contribution in [0.15, 0.2) is 35.1 Å². The van der Waals surface area contributed by atoms with Crippen molar-refractivity contribution < 1.29 is 4.74 Å². The van der Waals surface area contributed by atoms with E-state index >= 15 is 0 Å². The summed E-state index contributed by atoms with van der Waals surface area (Å²) in [6.45, 7) is 4.22. The molecule has 3 rings (SSSR count). The lowest BCUT2D eigenvalue weighted by Crippen LogP contribution is -2.19. The molecular weight excluding hydrogens is 276 g/mol. The quantitative estimate of drug-likeness (QED) is 0.942. The van der Waals surface area contributed by atoms with Gasteiger partial charge in [0.2, 0.25) is 5.56 Å². The van der Waals surface area contributed by atoms with Crippen molar-refractivity contribution in [3.05, 3.63) is 46.2 Å². The molecule has 0 atom stereocenters. The van der Waals surface area contributed by atoms with Crippen LogP contribution in [-0.2, 0) is 6.42 Å². The van der Waals surface area contributed by atoms with Gasteiger partial charge in [0, 0.05) is 36.5 Å². The second-order valence-corrected chi connectivity index (χ2v) is 5.65. The second-order valence-electron chi connectivity index (χ2n) is 5.65. The summed E-state index contributed by atoms with van der Waals surface area (Å²) in [4.78, 5) is 17.2. The van der Waals surface area contributed by atoms with Crippen molar-refractivity contribution in [1.29, 1.82) is 0 Å². The number of nitrogens with one attached hydrogen (secondary N) is 1. The first kappa shape index (κ1) is 14.7. The van der Waals surface area contributed by atoms with E-state index in [0.29, 0.717) is 0 Å². The largest absolute Gasteiger partial charge is 0.497 e. The molecule has 1 aliphatic rings. The van der Waals surface area contributed by atoms with Crippen molar-refractivity contribution in [2.24, 2.45) is 0 Å². The number of nitrogens with zero attached hydrogens (tertiary/aromatic N) is 1. The van der Waals surface area contributed by atoms with Gasteiger partial charge in [0.1, 0.15) is 5.75 Å². The fourth-order valence-electron chi connectivity index (χ4n) is 3.11. The highest BCUT2D eigenvalue weighted by Gasteiger charge is 2.19. The smallest absolute Gasteiger partial charge is 0.248 e. The summed E-state index contributed by atoms with van der Waals surface area (Å²) in [5.74, 6) is 0.849. The Morgan fingerprint density at radius 3 is 2.64 bits per heavy atom. The molecule has 1 aromatic heterocycles. The van der Waals surface area contributed by atoms with E-state index in [9.17, 15) is 4.79 Å². The Morgan fingerprint density at radius 1 is 1.18 bits per heavy atom. The van der Waals surface area contributed by atoms with Crippen molar-refractivity contribution in [3.8, 4) is 17.0 Å². The van der Waals surface area contributed by atoms with E-state index in [4.69, 9.17) is 4.74 Å². The highest BCUT2D eigenvalue weighted by Crippen LogP contribution is 2.36. The van der Waals surface area contributed by atoms with Gasteiger partial charge in [-0.3, -0.25) is 4.79 Å². The third-order valence-corrected chi connectivity index (χ3v) is 4.31. The van der Waals surface area contributed by atoms with Crippen molar-refractivity contribution in [2.45, 2.75) is 26.2 Å². The van der Waals surface area contributed by atoms with E-state index in [1.807, 2.05) is 12.1 Å². The van der Waals surface area contributed by atoms with E-state index in [1.54, 1.807) is 13.2 Å². The first-order chi connectivity index (χ1) is 10.7. The number of anilines is 1. The predicted octanol–water partition coefficient (Wildman–Crippen LogP) is 3.21. The first-order valence-corrected chi connectivity index (χ1v) is 7.88. The van der Waals surface area contributed by atoms with Gasteiger partial charge in [-0.1, -0.05) is 13.0 Å². The average Bonchev–Trinajstić information content (AvgIpc) is 3.08. The van der Waals surface area contributed by atoms with Crippen LogP contribution >= 0.6 is 0 Å². The van der Waals surface area contributed by atoms with Crippen LogP contribution in [-0.4, -0.2) is 25.2 Å². The molecular formula is C18H22N2O2. The molecule has 1 saturated heterocycles. The Bertz CT molecular complexity index is 715. The molecule has 2 heterocycles. The molecule has 0 unspecified atom stereocenters. The monoisotopic (exact) mass is 298 g/mol. The number of aryl methyl sites for hydroxylation is 1. The number of aromatic amines is 1. The fourth-order valence-corrected chi connectivity index (χ4v) is 3.11. The van der Waals surface area contributed by atoms with Crippen LogP contribution in [0.4, 0.5) is 5.69 Å². The minimum absolute atomic E-state index is 0.0598. The van der Waals surface area contributed by atoms with Gasteiger partial charge in [-0.05, 0) is 37.0 Å². The third kappa shape index (κ3) is 2.73. The van der Waals surface area contributed by atoms with Crippen molar-refractivity contribution in [3.63, 3.8) is 0 Å². The van der Waals surface area contributed by atoms with Crippen molar-refractivity contribution in [1.82, 2.24) is 4.98 Å². The number of hydrogen-bond acceptors (Lipinski definition) is 3. The number of pyridine rings is 1. The molecule has 0 amide bonds. The van der Waals surface area contributed by atoms with E-state index < -0.39 is 0 Å². The molecule has 4 nitrogen and oxygen atoms in total. The summed E-state index contributed by atoms with van der Waals surface area (Å²) < 4.78 is 5.39. The molecule has 1 N–H and O–H groups in total. The van der Waals surface area contributed by atoms with Gasteiger partial charge in [0.05, 0.1) is 12.8 Å². The molecule has 0 radical (unpaired) electrons. The van der Waals surface area contributed by atoms with Crippen LogP contribution in [0.5, 0.6) is 5.75 Å². The van der Waals surface area contributed by atoms with Gasteiger partial charge < -0.3 is 14.6 Å². The minimum atomic E-state index is -0.0598. The van der Waals surface area contributed by atoms with Gasteiger partial charge in [-0.15, -0.1) is 0 Å². The molecule has 4 heteroatoms. The number of aromatic nitrogens is 1. The number of benzene rings is 1. The highest BCUT2D eigenvalue weighted by molar-refractivity contribution is 5.79. The van der Waals surface area contributed by atoms with Crippen LogP contribution < -0.4 is 15.2 Å². The van der Waals surface area contributed by atoms with Crippen molar-refractivity contribution in [2.75, 3.05) is 25.1 Å². The Hall–Kier alpha value is -2.23. The van der Waals surface area contributed by atoms with E-state index in [1.165, 1.54) is 12.8 Å². The minimum Gasteiger partial charge on any atom is -0.497 e. The Kier molecular flexibility index (Phi) is 4.18. The van der Waals surface area contributed by atoms with Crippen molar-refractivity contribution >= 4 is 5.69 Å². The maximum atomic E-state index is 11.8. The standard InChI is InChI=1S/C18H22N2O2/c1-3-13-6-9-17(21)19-18(13)15-8-7-14(22-2)12-16(15)20-10-4-5-11-20/h6-9,12H,3-5,10-11H2,1-2H3,(H,19,21). The Labute approximate surface area is 130 Å². The van der Waals surface area contributed by atoms with Gasteiger partial charge in [0.15, 0.2) is 0 Å². The Morgan fingerprint density at radius 2 is 1.95 bits per heavy atom. The lowest BCUT2D eigenvalue weighted by atomic mass is 10.0. The lowest BCUT2D eigenvalue weighted by molar-refractivity contribution is 0.415. The number of ether oxygens (including phenoxy) is 1. The number of rotatable bonds is 4. The molecule has 0 spiro atoms. The zero-order valence-electron chi connectivity index (χ0n) is 13.2. The second kappa shape index (κ2) is 6.26. The lowest BCUT2D eigenvalue weighted by Gasteiger charge is -2.23. The molecule has 0 aliphatic carbocycles. The van der Waals surface area contributed by atoms with Crippen LogP contribution in [0.25, 0.3) is 11.3 Å². The van der Waals surface area contributed by atoms with E-state index in [0.717, 1.165) is 47.8 Å². The number of hydrogen-bond donors (Lipinski definition) is 1. The average molecular weight is 298 g/mol. The van der Waals surface area contributed by atoms with E-state index in [2.05, 4.69) is 28.9 Å². The maximum absolute atomic E-state index is 11.8. The van der Waals surface area contributed by atoms with E-state index in [-0.39, 0.29) is 5.56 Å².